The van der Waals surface area contributed by atoms with Crippen molar-refractivity contribution in [1.29, 1.82) is 0 Å². The van der Waals surface area contributed by atoms with Gasteiger partial charge in [-0.15, -0.1) is 0 Å². The summed E-state index contributed by atoms with van der Waals surface area (Å²) in [6, 6.07) is 8.95. The van der Waals surface area contributed by atoms with E-state index in [9.17, 15) is 19.2 Å². The highest BCUT2D eigenvalue weighted by Crippen LogP contribution is 2.34. The number of pyridine rings is 1. The summed E-state index contributed by atoms with van der Waals surface area (Å²) < 4.78 is 5.48. The Morgan fingerprint density at radius 2 is 1.60 bits per heavy atom. The van der Waals surface area contributed by atoms with Crippen LogP contribution < -0.4 is 10.1 Å². The van der Waals surface area contributed by atoms with Crippen molar-refractivity contribution in [2.24, 2.45) is 0 Å². The Morgan fingerprint density at radius 3 is 2.21 bits per heavy atom. The molecule has 0 bridgehead atoms. The lowest BCUT2D eigenvalue weighted by Crippen LogP contribution is -2.52. The first kappa shape index (κ1) is 28.4. The lowest BCUT2D eigenvalue weighted by atomic mass is 10.1. The number of carbonyl (C=O) groups excluding carboxylic acids is 4. The highest BCUT2D eigenvalue weighted by atomic mass is 16.5. The zero-order valence-corrected chi connectivity index (χ0v) is 23.8. The van der Waals surface area contributed by atoms with Crippen molar-refractivity contribution >= 4 is 34.4 Å². The molecule has 5 rings (SSSR count). The number of nitrogens with zero attached hydrogens (tertiary/aromatic N) is 5. The second-order valence-corrected chi connectivity index (χ2v) is 10.9. The number of amides is 3. The van der Waals surface area contributed by atoms with E-state index < -0.39 is 17.2 Å². The van der Waals surface area contributed by atoms with E-state index in [1.54, 1.807) is 29.2 Å². The summed E-state index contributed by atoms with van der Waals surface area (Å²) in [6.45, 7) is 6.71. The molecule has 12 heteroatoms. The molecular formula is C30H31N7O5. The second-order valence-electron chi connectivity index (χ2n) is 10.9. The highest BCUT2D eigenvalue weighted by Gasteiger charge is 2.31. The fourth-order valence-corrected chi connectivity index (χ4v) is 4.75. The van der Waals surface area contributed by atoms with Crippen LogP contribution in [0.25, 0.3) is 22.3 Å². The molecular weight excluding hydrogens is 538 g/mol. The molecule has 1 aliphatic heterocycles. The van der Waals surface area contributed by atoms with Gasteiger partial charge < -0.3 is 24.8 Å². The maximum atomic E-state index is 13.5. The molecule has 216 valence electrons. The van der Waals surface area contributed by atoms with E-state index in [4.69, 9.17) is 4.74 Å². The molecule has 4 heterocycles. The third-order valence-electron chi connectivity index (χ3n) is 6.82. The molecule has 0 saturated carbocycles. The average molecular weight is 570 g/mol. The van der Waals surface area contributed by atoms with E-state index in [1.807, 2.05) is 26.8 Å². The minimum Gasteiger partial charge on any atom is -0.494 e. The smallest absolute Gasteiger partial charge is 0.295 e. The highest BCUT2D eigenvalue weighted by molar-refractivity contribution is 6.45. The molecule has 0 spiro atoms. The predicted octanol–water partition coefficient (Wildman–Crippen LogP) is 2.72. The third kappa shape index (κ3) is 5.69. The van der Waals surface area contributed by atoms with E-state index in [-0.39, 0.29) is 36.2 Å². The number of aromatic amines is 1. The van der Waals surface area contributed by atoms with Crippen LogP contribution in [0.5, 0.6) is 5.75 Å². The lowest BCUT2D eigenvalue weighted by Gasteiger charge is -2.34. The summed E-state index contributed by atoms with van der Waals surface area (Å²) >= 11 is 0. The zero-order chi connectivity index (χ0) is 30.0. The number of piperazine rings is 1. The van der Waals surface area contributed by atoms with Gasteiger partial charge in [0.15, 0.2) is 0 Å². The first-order valence-electron chi connectivity index (χ1n) is 13.4. The number of ether oxygens (including phenoxy) is 1. The predicted molar refractivity (Wildman–Crippen MR) is 154 cm³/mol. The van der Waals surface area contributed by atoms with Crippen LogP contribution in [0, 0.1) is 0 Å². The van der Waals surface area contributed by atoms with Crippen LogP contribution in [0.3, 0.4) is 0 Å². The van der Waals surface area contributed by atoms with Crippen LogP contribution in [-0.4, -0.2) is 92.1 Å². The van der Waals surface area contributed by atoms with Gasteiger partial charge in [0.05, 0.1) is 42.2 Å². The van der Waals surface area contributed by atoms with Crippen LogP contribution in [0.15, 0.2) is 55.1 Å². The average Bonchev–Trinajstić information content (AvgIpc) is 3.45. The third-order valence-corrected chi connectivity index (χ3v) is 6.82. The van der Waals surface area contributed by atoms with Gasteiger partial charge in [-0.3, -0.25) is 24.2 Å². The van der Waals surface area contributed by atoms with Crippen molar-refractivity contribution in [3.63, 3.8) is 0 Å². The monoisotopic (exact) mass is 569 g/mol. The standard InChI is InChI=1S/C30H31N7O5/c1-30(2,3)35-27(39)21-16-31-20(15-32-21)24-25-23(22(42-4)17-34-24)19(14-33-25)26(38)29(41)37-12-10-36(11-13-37)28(40)18-8-6-5-7-9-18/h5-9,14-17,33H,10-13H2,1-4H3,(H,35,39). The summed E-state index contributed by atoms with van der Waals surface area (Å²) in [5.41, 5.74) is 1.60. The number of rotatable bonds is 6. The molecule has 1 aliphatic rings. The second kappa shape index (κ2) is 11.4. The summed E-state index contributed by atoms with van der Waals surface area (Å²) in [5, 5.41) is 3.22. The minimum atomic E-state index is -0.709. The van der Waals surface area contributed by atoms with Gasteiger partial charge >= 0.3 is 0 Å². The fourth-order valence-electron chi connectivity index (χ4n) is 4.75. The molecule has 2 N–H and O–H groups in total. The Morgan fingerprint density at radius 1 is 0.905 bits per heavy atom. The number of fused-ring (bicyclic) bond motifs is 1. The summed E-state index contributed by atoms with van der Waals surface area (Å²) in [6.07, 6.45) is 5.68. The number of benzene rings is 1. The molecule has 3 aromatic heterocycles. The van der Waals surface area contributed by atoms with E-state index >= 15 is 0 Å². The molecule has 3 amide bonds. The Hall–Kier alpha value is -5.13. The van der Waals surface area contributed by atoms with Crippen LogP contribution >= 0.6 is 0 Å². The van der Waals surface area contributed by atoms with Crippen LogP contribution in [-0.2, 0) is 4.79 Å². The van der Waals surface area contributed by atoms with Gasteiger partial charge in [-0.1, -0.05) is 18.2 Å². The number of hydrogen-bond acceptors (Lipinski definition) is 8. The molecule has 0 atom stereocenters. The normalized spacial score (nSPS) is 13.6. The molecule has 0 radical (unpaired) electrons. The Kier molecular flexibility index (Phi) is 7.70. The van der Waals surface area contributed by atoms with Gasteiger partial charge in [-0.05, 0) is 32.9 Å². The Balaban J connectivity index is 1.36. The van der Waals surface area contributed by atoms with E-state index in [1.165, 1.54) is 36.8 Å². The van der Waals surface area contributed by atoms with Gasteiger partial charge in [0.2, 0.25) is 0 Å². The van der Waals surface area contributed by atoms with Crippen molar-refractivity contribution in [2.45, 2.75) is 26.3 Å². The first-order chi connectivity index (χ1) is 20.1. The van der Waals surface area contributed by atoms with Crippen LogP contribution in [0.2, 0.25) is 0 Å². The maximum Gasteiger partial charge on any atom is 0.295 e. The number of Topliss-reactive ketones (excluding diaryl/α,β-unsaturated/α-hetero) is 1. The Labute approximate surface area is 242 Å². The molecule has 1 saturated heterocycles. The largest absolute Gasteiger partial charge is 0.494 e. The molecule has 42 heavy (non-hydrogen) atoms. The van der Waals surface area contributed by atoms with Crippen molar-refractivity contribution in [2.75, 3.05) is 33.3 Å². The number of hydrogen-bond donors (Lipinski definition) is 2. The Bertz CT molecular complexity index is 1650. The van der Waals surface area contributed by atoms with E-state index in [0.29, 0.717) is 46.7 Å². The number of nitrogens with one attached hydrogen (secondary N) is 2. The van der Waals surface area contributed by atoms with Crippen molar-refractivity contribution in [3.8, 4) is 17.1 Å². The summed E-state index contributed by atoms with van der Waals surface area (Å²) in [4.78, 5) is 71.2. The fraction of sp³-hybridized carbons (Fsp3) is 0.300. The van der Waals surface area contributed by atoms with E-state index in [0.717, 1.165) is 0 Å². The topological polar surface area (TPSA) is 150 Å². The molecule has 1 aromatic carbocycles. The molecule has 12 nitrogen and oxygen atoms in total. The number of carbonyl (C=O) groups is 4. The zero-order valence-electron chi connectivity index (χ0n) is 23.8. The number of H-pyrrole nitrogens is 1. The van der Waals surface area contributed by atoms with Gasteiger partial charge in [-0.2, -0.15) is 0 Å². The van der Waals surface area contributed by atoms with Gasteiger partial charge in [-0.25, -0.2) is 9.97 Å². The molecule has 4 aromatic rings. The van der Waals surface area contributed by atoms with Gasteiger partial charge in [0.1, 0.15) is 22.8 Å². The van der Waals surface area contributed by atoms with Crippen molar-refractivity contribution < 1.29 is 23.9 Å². The summed E-state index contributed by atoms with van der Waals surface area (Å²) in [5.74, 6) is -1.54. The first-order valence-corrected chi connectivity index (χ1v) is 13.4. The molecule has 0 aliphatic carbocycles. The molecule has 1 fully saturated rings. The SMILES string of the molecule is COc1cnc(-c2cnc(C(=O)NC(C)(C)C)cn2)c2[nH]cc(C(=O)C(=O)N3CCN(C(=O)c4ccccc4)CC3)c12. The summed E-state index contributed by atoms with van der Waals surface area (Å²) in [7, 11) is 1.45. The van der Waals surface area contributed by atoms with Crippen molar-refractivity contribution in [3.05, 3.63) is 71.9 Å². The van der Waals surface area contributed by atoms with Crippen LogP contribution in [0.4, 0.5) is 0 Å². The van der Waals surface area contributed by atoms with E-state index in [2.05, 4.69) is 25.3 Å². The number of aromatic nitrogens is 4. The minimum absolute atomic E-state index is 0.110. The quantitative estimate of drug-likeness (QED) is 0.266. The molecule has 0 unspecified atom stereocenters. The number of methoxy groups -OCH3 is 1. The van der Waals surface area contributed by atoms with Crippen molar-refractivity contribution in [1.82, 2.24) is 35.1 Å². The maximum absolute atomic E-state index is 13.5. The van der Waals surface area contributed by atoms with Crippen LogP contribution in [0.1, 0.15) is 52.0 Å². The lowest BCUT2D eigenvalue weighted by molar-refractivity contribution is -0.127. The van der Waals surface area contributed by atoms with Gasteiger partial charge in [0, 0.05) is 43.5 Å². The van der Waals surface area contributed by atoms with Gasteiger partial charge in [0.25, 0.3) is 23.5 Å². The number of ketones is 1.